The maximum absolute atomic E-state index is 11.6. The minimum atomic E-state index is -0.702. The van der Waals surface area contributed by atoms with E-state index >= 15 is 0 Å². The zero-order valence-corrected chi connectivity index (χ0v) is 9.80. The summed E-state index contributed by atoms with van der Waals surface area (Å²) in [7, 11) is 1.22. The molecule has 0 spiro atoms. The van der Waals surface area contributed by atoms with Gasteiger partial charge in [0.2, 0.25) is 0 Å². The highest BCUT2D eigenvalue weighted by Gasteiger charge is 2.19. The number of carbonyl (C=O) groups is 2. The van der Waals surface area contributed by atoms with Gasteiger partial charge in [0.25, 0.3) is 0 Å². The number of ether oxygens (including phenoxy) is 2. The highest BCUT2D eigenvalue weighted by atomic mass is 16.5. The summed E-state index contributed by atoms with van der Waals surface area (Å²) in [4.78, 5) is 23.0. The standard InChI is InChI=1S/C13H14O4/c1-3-17-13(15)11(12(14)16-2)9-10-7-5-4-6-8-10/h4-9H,3H2,1-2H3/b11-9-. The van der Waals surface area contributed by atoms with Gasteiger partial charge in [0.15, 0.2) is 0 Å². The zero-order valence-electron chi connectivity index (χ0n) is 9.80. The molecular formula is C13H14O4. The Hall–Kier alpha value is -2.10. The van der Waals surface area contributed by atoms with E-state index in [9.17, 15) is 9.59 Å². The normalized spacial score (nSPS) is 10.8. The molecule has 0 amide bonds. The van der Waals surface area contributed by atoms with E-state index in [2.05, 4.69) is 4.74 Å². The lowest BCUT2D eigenvalue weighted by Gasteiger charge is -2.04. The molecule has 0 atom stereocenters. The predicted molar refractivity (Wildman–Crippen MR) is 63.1 cm³/mol. The predicted octanol–water partition coefficient (Wildman–Crippen LogP) is 1.81. The van der Waals surface area contributed by atoms with Crippen molar-refractivity contribution in [3.63, 3.8) is 0 Å². The fourth-order valence-electron chi connectivity index (χ4n) is 1.24. The second-order valence-electron chi connectivity index (χ2n) is 3.18. The van der Waals surface area contributed by atoms with Crippen LogP contribution in [-0.4, -0.2) is 25.7 Å². The van der Waals surface area contributed by atoms with E-state index in [-0.39, 0.29) is 12.2 Å². The Labute approximate surface area is 99.8 Å². The van der Waals surface area contributed by atoms with E-state index in [1.54, 1.807) is 19.1 Å². The molecule has 0 heterocycles. The topological polar surface area (TPSA) is 52.6 Å². The van der Waals surface area contributed by atoms with Crippen LogP contribution in [0, 0.1) is 0 Å². The van der Waals surface area contributed by atoms with E-state index in [4.69, 9.17) is 4.74 Å². The molecule has 4 nitrogen and oxygen atoms in total. The minimum Gasteiger partial charge on any atom is -0.465 e. The van der Waals surface area contributed by atoms with Crippen LogP contribution in [-0.2, 0) is 19.1 Å². The average molecular weight is 234 g/mol. The third-order valence-corrected chi connectivity index (χ3v) is 2.01. The van der Waals surface area contributed by atoms with Crippen LogP contribution in [0.15, 0.2) is 35.9 Å². The maximum atomic E-state index is 11.6. The van der Waals surface area contributed by atoms with Gasteiger partial charge in [0.05, 0.1) is 13.7 Å². The first kappa shape index (κ1) is 13.0. The minimum absolute atomic E-state index is 0.111. The number of hydrogen-bond donors (Lipinski definition) is 0. The Balaban J connectivity index is 3.02. The monoisotopic (exact) mass is 234 g/mol. The zero-order chi connectivity index (χ0) is 12.7. The van der Waals surface area contributed by atoms with Crippen molar-refractivity contribution in [1.82, 2.24) is 0 Å². The van der Waals surface area contributed by atoms with Gasteiger partial charge in [-0.2, -0.15) is 0 Å². The molecule has 0 N–H and O–H groups in total. The number of hydrogen-bond acceptors (Lipinski definition) is 4. The molecule has 0 saturated carbocycles. The van der Waals surface area contributed by atoms with Crippen LogP contribution >= 0.6 is 0 Å². The van der Waals surface area contributed by atoms with Crippen LogP contribution in [0.1, 0.15) is 12.5 Å². The summed E-state index contributed by atoms with van der Waals surface area (Å²) in [5, 5.41) is 0. The largest absolute Gasteiger partial charge is 0.465 e. The fraction of sp³-hybridized carbons (Fsp3) is 0.231. The van der Waals surface area contributed by atoms with Crippen molar-refractivity contribution in [2.45, 2.75) is 6.92 Å². The molecule has 1 aromatic rings. The quantitative estimate of drug-likeness (QED) is 0.345. The van der Waals surface area contributed by atoms with Gasteiger partial charge in [-0.3, -0.25) is 0 Å². The molecule has 0 aromatic heterocycles. The number of esters is 2. The van der Waals surface area contributed by atoms with Crippen molar-refractivity contribution < 1.29 is 19.1 Å². The lowest BCUT2D eigenvalue weighted by atomic mass is 10.1. The summed E-state index contributed by atoms with van der Waals surface area (Å²) in [5.41, 5.74) is 0.626. The summed E-state index contributed by atoms with van der Waals surface area (Å²) in [5.74, 6) is -1.38. The highest BCUT2D eigenvalue weighted by molar-refractivity contribution is 6.17. The Morgan fingerprint density at radius 2 is 1.82 bits per heavy atom. The molecule has 0 aliphatic heterocycles. The number of carbonyl (C=O) groups excluding carboxylic acids is 2. The van der Waals surface area contributed by atoms with Gasteiger partial charge in [-0.25, -0.2) is 9.59 Å². The summed E-state index contributed by atoms with van der Waals surface area (Å²) in [6.07, 6.45) is 1.45. The van der Waals surface area contributed by atoms with E-state index in [1.807, 2.05) is 18.2 Å². The molecule has 0 aliphatic carbocycles. The van der Waals surface area contributed by atoms with Crippen molar-refractivity contribution in [2.75, 3.05) is 13.7 Å². The van der Waals surface area contributed by atoms with E-state index in [0.717, 1.165) is 5.56 Å². The van der Waals surface area contributed by atoms with E-state index in [1.165, 1.54) is 13.2 Å². The van der Waals surface area contributed by atoms with Gasteiger partial charge < -0.3 is 9.47 Å². The van der Waals surface area contributed by atoms with Crippen LogP contribution in [0.4, 0.5) is 0 Å². The first-order chi connectivity index (χ1) is 8.19. The smallest absolute Gasteiger partial charge is 0.345 e. The fourth-order valence-corrected chi connectivity index (χ4v) is 1.24. The van der Waals surface area contributed by atoms with Crippen molar-refractivity contribution in [3.05, 3.63) is 41.5 Å². The Morgan fingerprint density at radius 3 is 2.35 bits per heavy atom. The van der Waals surface area contributed by atoms with Gasteiger partial charge in [0.1, 0.15) is 5.57 Å². The van der Waals surface area contributed by atoms with Crippen LogP contribution in [0.3, 0.4) is 0 Å². The second-order valence-corrected chi connectivity index (χ2v) is 3.18. The number of rotatable bonds is 4. The summed E-state index contributed by atoms with van der Waals surface area (Å²) < 4.78 is 9.34. The molecule has 0 bridgehead atoms. The molecule has 0 aliphatic rings. The lowest BCUT2D eigenvalue weighted by molar-refractivity contribution is -0.145. The van der Waals surface area contributed by atoms with Gasteiger partial charge in [-0.15, -0.1) is 0 Å². The van der Waals surface area contributed by atoms with Crippen LogP contribution in [0.2, 0.25) is 0 Å². The molecular weight excluding hydrogens is 220 g/mol. The Bertz CT molecular complexity index is 420. The van der Waals surface area contributed by atoms with Crippen LogP contribution in [0.5, 0.6) is 0 Å². The first-order valence-corrected chi connectivity index (χ1v) is 5.21. The SMILES string of the molecule is CCOC(=O)/C(=C\c1ccccc1)C(=O)OC. The van der Waals surface area contributed by atoms with Gasteiger partial charge >= 0.3 is 11.9 Å². The molecule has 1 rings (SSSR count). The highest BCUT2D eigenvalue weighted by Crippen LogP contribution is 2.09. The van der Waals surface area contributed by atoms with Crippen molar-refractivity contribution in [2.24, 2.45) is 0 Å². The van der Waals surface area contributed by atoms with Crippen molar-refractivity contribution >= 4 is 18.0 Å². The number of methoxy groups -OCH3 is 1. The molecule has 0 fully saturated rings. The average Bonchev–Trinajstić information content (AvgIpc) is 2.36. The first-order valence-electron chi connectivity index (χ1n) is 5.21. The molecule has 0 unspecified atom stereocenters. The third-order valence-electron chi connectivity index (χ3n) is 2.01. The van der Waals surface area contributed by atoms with Gasteiger partial charge in [-0.05, 0) is 18.6 Å². The van der Waals surface area contributed by atoms with E-state index < -0.39 is 11.9 Å². The second kappa shape index (κ2) is 6.48. The number of benzene rings is 1. The van der Waals surface area contributed by atoms with E-state index in [0.29, 0.717) is 0 Å². The third kappa shape index (κ3) is 3.75. The molecule has 1 aromatic carbocycles. The van der Waals surface area contributed by atoms with Crippen molar-refractivity contribution in [1.29, 1.82) is 0 Å². The lowest BCUT2D eigenvalue weighted by Crippen LogP contribution is -2.17. The van der Waals surface area contributed by atoms with Gasteiger partial charge in [-0.1, -0.05) is 30.3 Å². The summed E-state index contributed by atoms with van der Waals surface area (Å²) >= 11 is 0. The Kier molecular flexibility index (Phi) is 4.94. The van der Waals surface area contributed by atoms with Crippen LogP contribution in [0.25, 0.3) is 6.08 Å². The Morgan fingerprint density at radius 1 is 1.18 bits per heavy atom. The van der Waals surface area contributed by atoms with Gasteiger partial charge in [0, 0.05) is 0 Å². The van der Waals surface area contributed by atoms with Crippen LogP contribution < -0.4 is 0 Å². The van der Waals surface area contributed by atoms with Crippen molar-refractivity contribution in [3.8, 4) is 0 Å². The maximum Gasteiger partial charge on any atom is 0.345 e. The summed E-state index contributed by atoms with van der Waals surface area (Å²) in [6, 6.07) is 9.03. The molecule has 17 heavy (non-hydrogen) atoms. The molecule has 0 saturated heterocycles. The summed E-state index contributed by atoms with van der Waals surface area (Å²) in [6.45, 7) is 1.89. The molecule has 0 radical (unpaired) electrons. The molecule has 90 valence electrons. The molecule has 4 heteroatoms.